The average molecular weight is 272 g/mol. The minimum Gasteiger partial charge on any atom is -0.496 e. The highest BCUT2D eigenvalue weighted by atomic mass is 79.9. The van der Waals surface area contributed by atoms with Crippen molar-refractivity contribution in [2.45, 2.75) is 19.8 Å². The molecule has 15 heavy (non-hydrogen) atoms. The molecule has 0 heterocycles. The Bertz CT molecular complexity index is 325. The van der Waals surface area contributed by atoms with Gasteiger partial charge in [-0.25, -0.2) is 0 Å². The molecule has 0 aromatic heterocycles. The number of hydrogen-bond acceptors (Lipinski definition) is 2. The number of ether oxygens (including phenoxy) is 1. The van der Waals surface area contributed by atoms with Crippen LogP contribution in [-0.2, 0) is 0 Å². The quantitative estimate of drug-likeness (QED) is 0.913. The van der Waals surface area contributed by atoms with Crippen LogP contribution in [0.2, 0.25) is 0 Å². The highest BCUT2D eigenvalue weighted by Crippen LogP contribution is 2.31. The normalized spacial score (nSPS) is 12.9. The van der Waals surface area contributed by atoms with Crippen LogP contribution in [0.5, 0.6) is 5.75 Å². The fourth-order valence-electron chi connectivity index (χ4n) is 1.71. The van der Waals surface area contributed by atoms with Gasteiger partial charge in [0.2, 0.25) is 0 Å². The highest BCUT2D eigenvalue weighted by Gasteiger charge is 2.15. The Morgan fingerprint density at radius 3 is 2.47 bits per heavy atom. The molecule has 0 aliphatic carbocycles. The maximum absolute atomic E-state index is 5.78. The van der Waals surface area contributed by atoms with Gasteiger partial charge in [0.05, 0.1) is 11.6 Å². The summed E-state index contributed by atoms with van der Waals surface area (Å²) in [5, 5.41) is 0. The van der Waals surface area contributed by atoms with Crippen molar-refractivity contribution in [3.05, 3.63) is 28.2 Å². The van der Waals surface area contributed by atoms with E-state index in [2.05, 4.69) is 41.9 Å². The maximum atomic E-state index is 5.78. The molecule has 3 heteroatoms. The van der Waals surface area contributed by atoms with E-state index in [4.69, 9.17) is 10.5 Å². The number of rotatable bonds is 4. The zero-order valence-corrected chi connectivity index (χ0v) is 11.0. The summed E-state index contributed by atoms with van der Waals surface area (Å²) in [6.45, 7) is 5.06. The van der Waals surface area contributed by atoms with Crippen molar-refractivity contribution in [3.8, 4) is 5.75 Å². The number of methoxy groups -OCH3 is 1. The van der Waals surface area contributed by atoms with Gasteiger partial charge in [-0.05, 0) is 52.0 Å². The van der Waals surface area contributed by atoms with E-state index in [0.717, 1.165) is 10.2 Å². The molecular formula is C12H18BrNO. The van der Waals surface area contributed by atoms with Gasteiger partial charge in [-0.1, -0.05) is 19.9 Å². The Morgan fingerprint density at radius 1 is 1.40 bits per heavy atom. The molecular weight excluding hydrogens is 254 g/mol. The number of hydrogen-bond donors (Lipinski definition) is 1. The predicted octanol–water partition coefficient (Wildman–Crippen LogP) is 3.16. The first-order valence-electron chi connectivity index (χ1n) is 5.13. The molecule has 0 saturated heterocycles. The van der Waals surface area contributed by atoms with Crippen LogP contribution in [0.1, 0.15) is 25.3 Å². The lowest BCUT2D eigenvalue weighted by Crippen LogP contribution is -2.17. The molecule has 0 fully saturated rings. The van der Waals surface area contributed by atoms with E-state index >= 15 is 0 Å². The summed E-state index contributed by atoms with van der Waals surface area (Å²) in [6.07, 6.45) is 0. The monoisotopic (exact) mass is 271 g/mol. The third-order valence-electron chi connectivity index (χ3n) is 2.66. The molecule has 0 spiro atoms. The molecule has 0 aliphatic heterocycles. The zero-order chi connectivity index (χ0) is 11.4. The molecule has 0 aliphatic rings. The molecule has 0 saturated carbocycles. The van der Waals surface area contributed by atoms with Gasteiger partial charge >= 0.3 is 0 Å². The molecule has 1 aromatic carbocycles. The predicted molar refractivity (Wildman–Crippen MR) is 67.3 cm³/mol. The van der Waals surface area contributed by atoms with Gasteiger partial charge in [0.1, 0.15) is 5.75 Å². The second-order valence-corrected chi connectivity index (χ2v) is 4.83. The molecule has 0 radical (unpaired) electrons. The average Bonchev–Trinajstić information content (AvgIpc) is 2.18. The SMILES string of the molecule is COc1ccc(C(CN)C(C)C)cc1Br. The van der Waals surface area contributed by atoms with E-state index in [1.165, 1.54) is 5.56 Å². The Kier molecular flexibility index (Phi) is 4.61. The van der Waals surface area contributed by atoms with Crippen LogP contribution in [0.25, 0.3) is 0 Å². The third-order valence-corrected chi connectivity index (χ3v) is 3.28. The smallest absolute Gasteiger partial charge is 0.133 e. The van der Waals surface area contributed by atoms with Gasteiger partial charge in [0.25, 0.3) is 0 Å². The first-order valence-corrected chi connectivity index (χ1v) is 5.93. The van der Waals surface area contributed by atoms with Crippen molar-refractivity contribution >= 4 is 15.9 Å². The number of benzene rings is 1. The molecule has 84 valence electrons. The second kappa shape index (κ2) is 5.52. The van der Waals surface area contributed by atoms with E-state index in [1.807, 2.05) is 6.07 Å². The van der Waals surface area contributed by atoms with Crippen LogP contribution in [0.4, 0.5) is 0 Å². The van der Waals surface area contributed by atoms with Crippen LogP contribution in [0.15, 0.2) is 22.7 Å². The first-order chi connectivity index (χ1) is 7.10. The first kappa shape index (κ1) is 12.5. The lowest BCUT2D eigenvalue weighted by Gasteiger charge is -2.20. The molecule has 1 atom stereocenters. The van der Waals surface area contributed by atoms with Gasteiger partial charge in [0, 0.05) is 0 Å². The maximum Gasteiger partial charge on any atom is 0.133 e. The Labute approximate surface area is 99.9 Å². The molecule has 0 amide bonds. The van der Waals surface area contributed by atoms with Gasteiger partial charge in [0.15, 0.2) is 0 Å². The standard InChI is InChI=1S/C12H18BrNO/c1-8(2)10(7-14)9-4-5-12(15-3)11(13)6-9/h4-6,8,10H,7,14H2,1-3H3. The molecule has 1 unspecified atom stereocenters. The highest BCUT2D eigenvalue weighted by molar-refractivity contribution is 9.10. The van der Waals surface area contributed by atoms with Crippen LogP contribution < -0.4 is 10.5 Å². The third kappa shape index (κ3) is 2.95. The lowest BCUT2D eigenvalue weighted by atomic mass is 9.88. The van der Waals surface area contributed by atoms with Crippen LogP contribution in [0, 0.1) is 5.92 Å². The summed E-state index contributed by atoms with van der Waals surface area (Å²) >= 11 is 3.49. The Balaban J connectivity index is 3.00. The van der Waals surface area contributed by atoms with E-state index in [0.29, 0.717) is 18.4 Å². The number of halogens is 1. The van der Waals surface area contributed by atoms with E-state index < -0.39 is 0 Å². The van der Waals surface area contributed by atoms with E-state index in [1.54, 1.807) is 7.11 Å². The fourth-order valence-corrected chi connectivity index (χ4v) is 2.26. The molecule has 2 nitrogen and oxygen atoms in total. The minimum absolute atomic E-state index is 0.409. The van der Waals surface area contributed by atoms with Gasteiger partial charge in [-0.3, -0.25) is 0 Å². The lowest BCUT2D eigenvalue weighted by molar-refractivity contribution is 0.411. The summed E-state index contributed by atoms with van der Waals surface area (Å²) in [7, 11) is 1.67. The molecule has 1 aromatic rings. The van der Waals surface area contributed by atoms with Gasteiger partial charge < -0.3 is 10.5 Å². The minimum atomic E-state index is 0.409. The van der Waals surface area contributed by atoms with Crippen molar-refractivity contribution in [2.75, 3.05) is 13.7 Å². The van der Waals surface area contributed by atoms with Crippen molar-refractivity contribution in [3.63, 3.8) is 0 Å². The van der Waals surface area contributed by atoms with Crippen molar-refractivity contribution < 1.29 is 4.74 Å². The summed E-state index contributed by atoms with van der Waals surface area (Å²) in [5.74, 6) is 1.82. The van der Waals surface area contributed by atoms with Crippen molar-refractivity contribution in [1.29, 1.82) is 0 Å². The molecule has 2 N–H and O–H groups in total. The Hall–Kier alpha value is -0.540. The Morgan fingerprint density at radius 2 is 2.07 bits per heavy atom. The summed E-state index contributed by atoms with van der Waals surface area (Å²) in [5.41, 5.74) is 7.04. The molecule has 1 rings (SSSR count). The summed E-state index contributed by atoms with van der Waals surface area (Å²) in [4.78, 5) is 0. The van der Waals surface area contributed by atoms with Gasteiger partial charge in [-0.15, -0.1) is 0 Å². The van der Waals surface area contributed by atoms with Crippen LogP contribution in [-0.4, -0.2) is 13.7 Å². The van der Waals surface area contributed by atoms with Gasteiger partial charge in [-0.2, -0.15) is 0 Å². The largest absolute Gasteiger partial charge is 0.496 e. The van der Waals surface area contributed by atoms with E-state index in [9.17, 15) is 0 Å². The van der Waals surface area contributed by atoms with Crippen LogP contribution >= 0.6 is 15.9 Å². The van der Waals surface area contributed by atoms with E-state index in [-0.39, 0.29) is 0 Å². The van der Waals surface area contributed by atoms with Crippen molar-refractivity contribution in [2.24, 2.45) is 11.7 Å². The molecule has 0 bridgehead atoms. The van der Waals surface area contributed by atoms with Crippen molar-refractivity contribution in [1.82, 2.24) is 0 Å². The number of nitrogens with two attached hydrogens (primary N) is 1. The summed E-state index contributed by atoms with van der Waals surface area (Å²) in [6, 6.07) is 6.15. The summed E-state index contributed by atoms with van der Waals surface area (Å²) < 4.78 is 6.18. The topological polar surface area (TPSA) is 35.2 Å². The van der Waals surface area contributed by atoms with Crippen LogP contribution in [0.3, 0.4) is 0 Å². The second-order valence-electron chi connectivity index (χ2n) is 3.98. The fraction of sp³-hybridized carbons (Fsp3) is 0.500. The zero-order valence-electron chi connectivity index (χ0n) is 9.46.